The summed E-state index contributed by atoms with van der Waals surface area (Å²) in [5, 5.41) is 4.12. The summed E-state index contributed by atoms with van der Waals surface area (Å²) in [6.45, 7) is 5.48. The molecular formula is C19H25N5O2. The van der Waals surface area contributed by atoms with Crippen LogP contribution in [0.5, 0.6) is 0 Å². The van der Waals surface area contributed by atoms with Crippen LogP contribution in [0, 0.1) is 0 Å². The molecule has 4 rings (SSSR count). The number of aromatic nitrogens is 3. The van der Waals surface area contributed by atoms with Crippen molar-refractivity contribution in [2.75, 3.05) is 31.1 Å². The third-order valence-corrected chi connectivity index (χ3v) is 5.32. The Morgan fingerprint density at radius 1 is 1.23 bits per heavy atom. The number of amides is 1. The molecule has 2 aromatic heterocycles. The lowest BCUT2D eigenvalue weighted by atomic mass is 10.1. The van der Waals surface area contributed by atoms with E-state index in [4.69, 9.17) is 4.52 Å². The standard InChI is InChI=1S/C19H25N5O2/c1-2-17(25)24-11-8-15(13-24)19-21-18(22-26-19)14-6-7-16(20-12-14)23-9-4-3-5-10-23/h6-7,12,15H,2-5,8-11,13H2,1H3. The Morgan fingerprint density at radius 2 is 2.08 bits per heavy atom. The maximum atomic E-state index is 11.8. The Balaban J connectivity index is 1.44. The van der Waals surface area contributed by atoms with Crippen LogP contribution in [0.4, 0.5) is 5.82 Å². The summed E-state index contributed by atoms with van der Waals surface area (Å²) in [4.78, 5) is 25.2. The first-order valence-corrected chi connectivity index (χ1v) is 9.57. The van der Waals surface area contributed by atoms with Gasteiger partial charge in [0, 0.05) is 44.4 Å². The molecule has 26 heavy (non-hydrogen) atoms. The maximum Gasteiger partial charge on any atom is 0.231 e. The Bertz CT molecular complexity index is 752. The molecule has 0 bridgehead atoms. The van der Waals surface area contributed by atoms with Gasteiger partial charge in [-0.25, -0.2) is 4.98 Å². The van der Waals surface area contributed by atoms with Gasteiger partial charge in [0.1, 0.15) is 5.82 Å². The first-order chi connectivity index (χ1) is 12.7. The molecule has 7 nitrogen and oxygen atoms in total. The van der Waals surface area contributed by atoms with Crippen LogP contribution in [0.25, 0.3) is 11.4 Å². The molecule has 2 saturated heterocycles. The lowest BCUT2D eigenvalue weighted by molar-refractivity contribution is -0.129. The number of carbonyl (C=O) groups excluding carboxylic acids is 1. The minimum absolute atomic E-state index is 0.132. The van der Waals surface area contributed by atoms with Gasteiger partial charge in [-0.3, -0.25) is 4.79 Å². The average molecular weight is 355 g/mol. The van der Waals surface area contributed by atoms with Gasteiger partial charge in [-0.1, -0.05) is 12.1 Å². The molecule has 0 radical (unpaired) electrons. The molecule has 0 aromatic carbocycles. The van der Waals surface area contributed by atoms with Crippen molar-refractivity contribution < 1.29 is 9.32 Å². The van der Waals surface area contributed by atoms with Crippen molar-refractivity contribution in [2.45, 2.75) is 44.9 Å². The molecule has 2 aliphatic heterocycles. The molecule has 1 atom stereocenters. The highest BCUT2D eigenvalue weighted by Gasteiger charge is 2.30. The van der Waals surface area contributed by atoms with Crippen LogP contribution in [0.3, 0.4) is 0 Å². The molecule has 0 spiro atoms. The molecule has 0 aliphatic carbocycles. The highest BCUT2D eigenvalue weighted by molar-refractivity contribution is 5.76. The fourth-order valence-corrected chi connectivity index (χ4v) is 3.76. The van der Waals surface area contributed by atoms with E-state index >= 15 is 0 Å². The van der Waals surface area contributed by atoms with Crippen LogP contribution in [0.1, 0.15) is 50.8 Å². The second-order valence-electron chi connectivity index (χ2n) is 7.09. The molecule has 2 aromatic rings. The number of piperidine rings is 1. The van der Waals surface area contributed by atoms with E-state index in [1.54, 1.807) is 0 Å². The average Bonchev–Trinajstić information content (AvgIpc) is 3.38. The molecule has 2 aliphatic rings. The number of likely N-dealkylation sites (tertiary alicyclic amines) is 1. The van der Waals surface area contributed by atoms with Gasteiger partial charge in [0.15, 0.2) is 0 Å². The van der Waals surface area contributed by atoms with E-state index < -0.39 is 0 Å². The van der Waals surface area contributed by atoms with E-state index in [1.165, 1.54) is 19.3 Å². The summed E-state index contributed by atoms with van der Waals surface area (Å²) in [5.41, 5.74) is 0.861. The monoisotopic (exact) mass is 355 g/mol. The Hall–Kier alpha value is -2.44. The van der Waals surface area contributed by atoms with Gasteiger partial charge in [-0.2, -0.15) is 4.98 Å². The second-order valence-corrected chi connectivity index (χ2v) is 7.09. The molecule has 1 unspecified atom stereocenters. The van der Waals surface area contributed by atoms with E-state index in [9.17, 15) is 4.79 Å². The number of hydrogen-bond donors (Lipinski definition) is 0. The summed E-state index contributed by atoms with van der Waals surface area (Å²) in [6.07, 6.45) is 7.01. The Labute approximate surface area is 153 Å². The van der Waals surface area contributed by atoms with E-state index in [0.717, 1.165) is 37.4 Å². The number of nitrogens with zero attached hydrogens (tertiary/aromatic N) is 5. The zero-order valence-corrected chi connectivity index (χ0v) is 15.2. The van der Waals surface area contributed by atoms with Crippen LogP contribution in [0.15, 0.2) is 22.9 Å². The summed E-state index contributed by atoms with van der Waals surface area (Å²) in [5.74, 6) is 2.52. The predicted octanol–water partition coefficient (Wildman–Crippen LogP) is 2.85. The molecule has 0 N–H and O–H groups in total. The predicted molar refractivity (Wildman–Crippen MR) is 97.8 cm³/mol. The Kier molecular flexibility index (Phi) is 4.86. The lowest BCUT2D eigenvalue weighted by Crippen LogP contribution is -2.29. The largest absolute Gasteiger partial charge is 0.357 e. The van der Waals surface area contributed by atoms with Gasteiger partial charge in [0.05, 0.1) is 5.92 Å². The quantitative estimate of drug-likeness (QED) is 0.839. The van der Waals surface area contributed by atoms with Crippen molar-refractivity contribution in [2.24, 2.45) is 0 Å². The molecular weight excluding hydrogens is 330 g/mol. The summed E-state index contributed by atoms with van der Waals surface area (Å²) in [7, 11) is 0. The zero-order valence-electron chi connectivity index (χ0n) is 15.2. The fraction of sp³-hybridized carbons (Fsp3) is 0.579. The summed E-state index contributed by atoms with van der Waals surface area (Å²) < 4.78 is 5.47. The number of hydrogen-bond acceptors (Lipinski definition) is 6. The van der Waals surface area contributed by atoms with E-state index in [2.05, 4.69) is 20.0 Å². The normalized spacial score (nSPS) is 20.6. The fourth-order valence-electron chi connectivity index (χ4n) is 3.76. The zero-order chi connectivity index (χ0) is 17.9. The van der Waals surface area contributed by atoms with Gasteiger partial charge < -0.3 is 14.3 Å². The van der Waals surface area contributed by atoms with Crippen molar-refractivity contribution in [3.8, 4) is 11.4 Å². The SMILES string of the molecule is CCC(=O)N1CCC(c2nc(-c3ccc(N4CCCCC4)nc3)no2)C1. The van der Waals surface area contributed by atoms with Crippen molar-refractivity contribution >= 4 is 11.7 Å². The first-order valence-electron chi connectivity index (χ1n) is 9.57. The molecule has 138 valence electrons. The van der Waals surface area contributed by atoms with Gasteiger partial charge in [-0.05, 0) is 37.8 Å². The topological polar surface area (TPSA) is 75.4 Å². The minimum Gasteiger partial charge on any atom is -0.357 e. The van der Waals surface area contributed by atoms with Crippen LogP contribution in [-0.2, 0) is 4.79 Å². The number of carbonyl (C=O) groups is 1. The van der Waals surface area contributed by atoms with Crippen molar-refractivity contribution in [3.63, 3.8) is 0 Å². The van der Waals surface area contributed by atoms with Crippen molar-refractivity contribution in [1.82, 2.24) is 20.0 Å². The van der Waals surface area contributed by atoms with Crippen LogP contribution in [0.2, 0.25) is 0 Å². The van der Waals surface area contributed by atoms with Crippen LogP contribution >= 0.6 is 0 Å². The molecule has 0 saturated carbocycles. The highest BCUT2D eigenvalue weighted by Crippen LogP contribution is 2.28. The van der Waals surface area contributed by atoms with Crippen LogP contribution in [-0.4, -0.2) is 52.1 Å². The second kappa shape index (κ2) is 7.43. The first kappa shape index (κ1) is 17.0. The Morgan fingerprint density at radius 3 is 2.81 bits per heavy atom. The summed E-state index contributed by atoms with van der Waals surface area (Å²) in [6, 6.07) is 4.04. The lowest BCUT2D eigenvalue weighted by Gasteiger charge is -2.27. The maximum absolute atomic E-state index is 11.8. The van der Waals surface area contributed by atoms with E-state index in [-0.39, 0.29) is 11.8 Å². The molecule has 7 heteroatoms. The van der Waals surface area contributed by atoms with Gasteiger partial charge in [-0.15, -0.1) is 0 Å². The molecule has 1 amide bonds. The van der Waals surface area contributed by atoms with E-state index in [0.29, 0.717) is 24.7 Å². The number of pyridine rings is 1. The van der Waals surface area contributed by atoms with Gasteiger partial charge in [0.25, 0.3) is 0 Å². The number of anilines is 1. The third kappa shape index (κ3) is 3.43. The van der Waals surface area contributed by atoms with Crippen LogP contribution < -0.4 is 4.90 Å². The van der Waals surface area contributed by atoms with Crippen molar-refractivity contribution in [3.05, 3.63) is 24.2 Å². The third-order valence-electron chi connectivity index (χ3n) is 5.32. The van der Waals surface area contributed by atoms with Gasteiger partial charge in [0.2, 0.25) is 17.6 Å². The smallest absolute Gasteiger partial charge is 0.231 e. The van der Waals surface area contributed by atoms with E-state index in [1.807, 2.05) is 30.2 Å². The summed E-state index contributed by atoms with van der Waals surface area (Å²) >= 11 is 0. The number of rotatable bonds is 4. The van der Waals surface area contributed by atoms with Gasteiger partial charge >= 0.3 is 0 Å². The van der Waals surface area contributed by atoms with Crippen molar-refractivity contribution in [1.29, 1.82) is 0 Å². The highest BCUT2D eigenvalue weighted by atomic mass is 16.5. The molecule has 2 fully saturated rings. The minimum atomic E-state index is 0.132. The molecule has 4 heterocycles.